The molecule has 3 aromatic carbocycles. The number of carbonyl (C=O) groups excluding carboxylic acids is 2. The van der Waals surface area contributed by atoms with Crippen LogP contribution in [-0.2, 0) is 22.6 Å². The van der Waals surface area contributed by atoms with Crippen molar-refractivity contribution in [2.75, 3.05) is 21.3 Å². The van der Waals surface area contributed by atoms with E-state index < -0.39 is 6.04 Å². The number of nitrogens with one attached hydrogen (secondary N) is 2. The topological polar surface area (TPSA) is 92.9 Å². The van der Waals surface area contributed by atoms with E-state index in [9.17, 15) is 9.59 Å². The van der Waals surface area contributed by atoms with Crippen molar-refractivity contribution in [3.63, 3.8) is 0 Å². The summed E-state index contributed by atoms with van der Waals surface area (Å²) in [7, 11) is 4.73. The second kappa shape index (κ2) is 13.5. The van der Waals surface area contributed by atoms with E-state index in [-0.39, 0.29) is 30.8 Å². The highest BCUT2D eigenvalue weighted by molar-refractivity contribution is 5.93. The summed E-state index contributed by atoms with van der Waals surface area (Å²) in [4.78, 5) is 33.7. The largest absolute Gasteiger partial charge is 0.497 e. The van der Waals surface area contributed by atoms with Crippen molar-refractivity contribution in [2.24, 2.45) is 0 Å². The number of amides is 2. The number of H-pyrrole nitrogens is 1. The van der Waals surface area contributed by atoms with E-state index in [4.69, 9.17) is 14.2 Å². The van der Waals surface area contributed by atoms with Gasteiger partial charge in [-0.05, 0) is 48.2 Å². The van der Waals surface area contributed by atoms with E-state index in [2.05, 4.69) is 10.3 Å². The van der Waals surface area contributed by atoms with E-state index in [0.29, 0.717) is 22.8 Å². The van der Waals surface area contributed by atoms with Crippen LogP contribution in [0.4, 0.5) is 0 Å². The Balaban J connectivity index is 1.60. The van der Waals surface area contributed by atoms with Gasteiger partial charge in [-0.2, -0.15) is 0 Å². The third kappa shape index (κ3) is 6.38. The van der Waals surface area contributed by atoms with Crippen molar-refractivity contribution >= 4 is 22.7 Å². The summed E-state index contributed by atoms with van der Waals surface area (Å²) in [6.45, 7) is 0.196. The fourth-order valence-corrected chi connectivity index (χ4v) is 5.94. The molecule has 8 heteroatoms. The van der Waals surface area contributed by atoms with Crippen LogP contribution < -0.4 is 19.5 Å². The first-order chi connectivity index (χ1) is 20.5. The third-order valence-electron chi connectivity index (χ3n) is 8.06. The molecule has 0 bridgehead atoms. The van der Waals surface area contributed by atoms with Gasteiger partial charge in [0.15, 0.2) is 11.5 Å². The van der Waals surface area contributed by atoms with Gasteiger partial charge in [-0.1, -0.05) is 61.7 Å². The number of methoxy groups -OCH3 is 3. The van der Waals surface area contributed by atoms with Crippen LogP contribution in [0.2, 0.25) is 0 Å². The molecule has 220 valence electrons. The number of para-hydroxylation sites is 2. The molecule has 4 aromatic rings. The highest BCUT2D eigenvalue weighted by Gasteiger charge is 2.36. The lowest BCUT2D eigenvalue weighted by atomic mass is 9.94. The van der Waals surface area contributed by atoms with Crippen LogP contribution in [0, 0.1) is 0 Å². The Kier molecular flexibility index (Phi) is 9.31. The van der Waals surface area contributed by atoms with Crippen LogP contribution in [0.1, 0.15) is 54.8 Å². The zero-order valence-electron chi connectivity index (χ0n) is 24.5. The second-order valence-electron chi connectivity index (χ2n) is 10.7. The molecule has 2 amide bonds. The first kappa shape index (κ1) is 29.0. The molecule has 0 aliphatic heterocycles. The van der Waals surface area contributed by atoms with Crippen LogP contribution in [0.25, 0.3) is 10.9 Å². The predicted molar refractivity (Wildman–Crippen MR) is 163 cm³/mol. The molecule has 8 nitrogen and oxygen atoms in total. The monoisotopic (exact) mass is 569 g/mol. The molecule has 1 aromatic heterocycles. The van der Waals surface area contributed by atoms with Crippen molar-refractivity contribution in [2.45, 2.75) is 57.2 Å². The summed E-state index contributed by atoms with van der Waals surface area (Å²) in [6, 6.07) is 20.0. The minimum atomic E-state index is -0.958. The Morgan fingerprint density at radius 1 is 0.929 bits per heavy atom. The SMILES string of the molecule is COc1cccc(CN(C(=O)Cc2c[nH]c3ccccc23)C(C(=O)NC2CCCCC2)c2cccc(OC)c2OC)c1. The van der Waals surface area contributed by atoms with Gasteiger partial charge in [0.25, 0.3) is 0 Å². The molecule has 1 aliphatic carbocycles. The minimum Gasteiger partial charge on any atom is -0.497 e. The van der Waals surface area contributed by atoms with Gasteiger partial charge in [-0.3, -0.25) is 9.59 Å². The molecule has 2 N–H and O–H groups in total. The number of nitrogens with zero attached hydrogens (tertiary/aromatic N) is 1. The molecule has 1 atom stereocenters. The molecule has 1 aliphatic rings. The summed E-state index contributed by atoms with van der Waals surface area (Å²) in [6.07, 6.45) is 7.16. The summed E-state index contributed by atoms with van der Waals surface area (Å²) < 4.78 is 16.9. The van der Waals surface area contributed by atoms with Gasteiger partial charge in [-0.15, -0.1) is 0 Å². The van der Waals surface area contributed by atoms with Crippen LogP contribution in [0.5, 0.6) is 17.2 Å². The normalized spacial score (nSPS) is 14.3. The Morgan fingerprint density at radius 2 is 1.71 bits per heavy atom. The van der Waals surface area contributed by atoms with Crippen molar-refractivity contribution in [3.05, 3.63) is 89.6 Å². The molecule has 5 rings (SSSR count). The lowest BCUT2D eigenvalue weighted by Crippen LogP contribution is -2.47. The van der Waals surface area contributed by atoms with Crippen LogP contribution in [0.15, 0.2) is 72.9 Å². The lowest BCUT2D eigenvalue weighted by molar-refractivity contribution is -0.141. The van der Waals surface area contributed by atoms with Crippen LogP contribution in [0.3, 0.4) is 0 Å². The van der Waals surface area contributed by atoms with Crippen LogP contribution >= 0.6 is 0 Å². The molecule has 1 unspecified atom stereocenters. The number of carbonyl (C=O) groups is 2. The summed E-state index contributed by atoms with van der Waals surface area (Å²) in [5.74, 6) is 1.19. The number of aromatic amines is 1. The minimum absolute atomic E-state index is 0.0627. The summed E-state index contributed by atoms with van der Waals surface area (Å²) >= 11 is 0. The Bertz CT molecular complexity index is 1520. The van der Waals surface area contributed by atoms with Gasteiger partial charge < -0.3 is 29.4 Å². The van der Waals surface area contributed by atoms with Gasteiger partial charge in [0.05, 0.1) is 27.8 Å². The van der Waals surface area contributed by atoms with E-state index in [0.717, 1.165) is 47.7 Å². The zero-order chi connectivity index (χ0) is 29.5. The average molecular weight is 570 g/mol. The summed E-state index contributed by atoms with van der Waals surface area (Å²) in [5.41, 5.74) is 3.25. The van der Waals surface area contributed by atoms with E-state index in [1.807, 2.05) is 66.9 Å². The van der Waals surface area contributed by atoms with E-state index >= 15 is 0 Å². The van der Waals surface area contributed by atoms with Gasteiger partial charge in [0.2, 0.25) is 11.8 Å². The van der Waals surface area contributed by atoms with E-state index in [1.54, 1.807) is 32.3 Å². The highest BCUT2D eigenvalue weighted by Crippen LogP contribution is 2.38. The Hall–Kier alpha value is -4.46. The third-order valence-corrected chi connectivity index (χ3v) is 8.06. The zero-order valence-corrected chi connectivity index (χ0v) is 24.5. The fourth-order valence-electron chi connectivity index (χ4n) is 5.94. The molecule has 0 radical (unpaired) electrons. The highest BCUT2D eigenvalue weighted by atomic mass is 16.5. The molecule has 1 heterocycles. The van der Waals surface area contributed by atoms with Crippen molar-refractivity contribution in [3.8, 4) is 17.2 Å². The molecular formula is C34H39N3O5. The van der Waals surface area contributed by atoms with Crippen molar-refractivity contribution in [1.82, 2.24) is 15.2 Å². The molecule has 1 saturated carbocycles. The van der Waals surface area contributed by atoms with Crippen molar-refractivity contribution < 1.29 is 23.8 Å². The second-order valence-corrected chi connectivity index (χ2v) is 10.7. The maximum atomic E-state index is 14.4. The van der Waals surface area contributed by atoms with Gasteiger partial charge in [0.1, 0.15) is 11.8 Å². The number of hydrogen-bond acceptors (Lipinski definition) is 5. The van der Waals surface area contributed by atoms with Gasteiger partial charge in [-0.25, -0.2) is 0 Å². The Labute approximate surface area is 247 Å². The predicted octanol–water partition coefficient (Wildman–Crippen LogP) is 5.96. The number of hydrogen-bond donors (Lipinski definition) is 2. The van der Waals surface area contributed by atoms with Crippen LogP contribution in [-0.4, -0.2) is 49.1 Å². The smallest absolute Gasteiger partial charge is 0.247 e. The quantitative estimate of drug-likeness (QED) is 0.233. The molecular weight excluding hydrogens is 530 g/mol. The number of fused-ring (bicyclic) bond motifs is 1. The average Bonchev–Trinajstić information content (AvgIpc) is 3.43. The maximum Gasteiger partial charge on any atom is 0.247 e. The van der Waals surface area contributed by atoms with Gasteiger partial charge >= 0.3 is 0 Å². The molecule has 1 fully saturated rings. The number of rotatable bonds is 11. The molecule has 0 spiro atoms. The van der Waals surface area contributed by atoms with Gasteiger partial charge in [0, 0.05) is 35.2 Å². The number of aromatic nitrogens is 1. The molecule has 42 heavy (non-hydrogen) atoms. The fraction of sp³-hybridized carbons (Fsp3) is 0.353. The lowest BCUT2D eigenvalue weighted by Gasteiger charge is -2.34. The Morgan fingerprint density at radius 3 is 2.48 bits per heavy atom. The van der Waals surface area contributed by atoms with Crippen molar-refractivity contribution in [1.29, 1.82) is 0 Å². The maximum absolute atomic E-state index is 14.4. The number of ether oxygens (including phenoxy) is 3. The number of benzene rings is 3. The summed E-state index contributed by atoms with van der Waals surface area (Å²) in [5, 5.41) is 4.26. The first-order valence-electron chi connectivity index (χ1n) is 14.5. The standard InChI is InChI=1S/C34H39N3O5/c1-40-26-14-9-11-23(19-26)22-37(31(38)20-24-21-35-29-17-8-7-15-27(24)29)32(34(39)36-25-12-5-4-6-13-25)28-16-10-18-30(41-2)33(28)42-3/h7-11,14-19,21,25,32,35H,4-6,12-13,20,22H2,1-3H3,(H,36,39). The molecule has 0 saturated heterocycles. The van der Waals surface area contributed by atoms with E-state index in [1.165, 1.54) is 6.42 Å². The first-order valence-corrected chi connectivity index (χ1v) is 14.5.